The number of pyridine rings is 1. The fraction of sp³-hybridized carbons (Fsp3) is 0.409. The second kappa shape index (κ2) is 9.52. The number of benzene rings is 1. The van der Waals surface area contributed by atoms with E-state index in [1.165, 1.54) is 16.8 Å². The van der Waals surface area contributed by atoms with Crippen molar-refractivity contribution in [3.8, 4) is 0 Å². The molecule has 1 aromatic carbocycles. The minimum Gasteiger partial charge on any atom is -0.383 e. The number of piperazine rings is 1. The van der Waals surface area contributed by atoms with Crippen molar-refractivity contribution in [3.63, 3.8) is 0 Å². The molecule has 7 nitrogen and oxygen atoms in total. The molecule has 0 saturated carbocycles. The van der Waals surface area contributed by atoms with E-state index in [4.69, 9.17) is 4.74 Å². The number of methoxy groups -OCH3 is 1. The van der Waals surface area contributed by atoms with Gasteiger partial charge in [-0.05, 0) is 43.2 Å². The molecule has 7 heteroatoms. The molecule has 29 heavy (non-hydrogen) atoms. The highest BCUT2D eigenvalue weighted by molar-refractivity contribution is 5.96. The van der Waals surface area contributed by atoms with Crippen LogP contribution < -0.4 is 10.2 Å². The maximum atomic E-state index is 12.9. The summed E-state index contributed by atoms with van der Waals surface area (Å²) in [6.45, 7) is 7.86. The van der Waals surface area contributed by atoms with Crippen LogP contribution in [0.3, 0.4) is 0 Å². The number of amides is 2. The van der Waals surface area contributed by atoms with Crippen LogP contribution >= 0.6 is 0 Å². The first-order chi connectivity index (χ1) is 14.0. The molecule has 1 aliphatic rings. The van der Waals surface area contributed by atoms with Crippen molar-refractivity contribution in [2.45, 2.75) is 13.8 Å². The number of aromatic nitrogens is 1. The third kappa shape index (κ3) is 4.92. The molecule has 0 unspecified atom stereocenters. The van der Waals surface area contributed by atoms with Crippen molar-refractivity contribution >= 4 is 17.5 Å². The highest BCUT2D eigenvalue weighted by atomic mass is 16.5. The van der Waals surface area contributed by atoms with Crippen LogP contribution in [0.15, 0.2) is 36.4 Å². The molecular formula is C22H28N4O3. The van der Waals surface area contributed by atoms with Gasteiger partial charge in [0, 0.05) is 45.5 Å². The summed E-state index contributed by atoms with van der Waals surface area (Å²) in [6, 6.07) is 11.3. The van der Waals surface area contributed by atoms with Gasteiger partial charge in [0.15, 0.2) is 0 Å². The van der Waals surface area contributed by atoms with Gasteiger partial charge in [-0.15, -0.1) is 0 Å². The molecule has 154 valence electrons. The Labute approximate surface area is 171 Å². The number of carbonyl (C=O) groups excluding carboxylic acids is 2. The number of anilines is 1. The normalized spacial score (nSPS) is 14.0. The fourth-order valence-corrected chi connectivity index (χ4v) is 3.43. The molecule has 2 heterocycles. The highest BCUT2D eigenvalue weighted by Crippen LogP contribution is 2.24. The van der Waals surface area contributed by atoms with Gasteiger partial charge in [0.1, 0.15) is 11.4 Å². The van der Waals surface area contributed by atoms with Gasteiger partial charge in [-0.1, -0.05) is 18.2 Å². The standard InChI is InChI=1S/C22H28N4O3/c1-16-6-4-9-20(17(16)2)25-11-13-26(14-12-25)22(28)19-8-5-7-18(24-19)21(27)23-10-15-29-3/h4-9H,10-15H2,1-3H3,(H,23,27). The van der Waals surface area contributed by atoms with Gasteiger partial charge in [-0.25, -0.2) is 4.98 Å². The number of aryl methyl sites for hydroxylation is 1. The maximum Gasteiger partial charge on any atom is 0.272 e. The van der Waals surface area contributed by atoms with Gasteiger partial charge in [0.2, 0.25) is 0 Å². The Morgan fingerprint density at radius 3 is 2.45 bits per heavy atom. The van der Waals surface area contributed by atoms with Crippen LogP contribution in [-0.2, 0) is 4.74 Å². The Kier molecular flexibility index (Phi) is 6.82. The van der Waals surface area contributed by atoms with Gasteiger partial charge in [0.05, 0.1) is 6.61 Å². The van der Waals surface area contributed by atoms with E-state index in [1.54, 1.807) is 30.2 Å². The third-order valence-electron chi connectivity index (χ3n) is 5.28. The van der Waals surface area contributed by atoms with E-state index in [-0.39, 0.29) is 17.5 Å². The molecule has 0 spiro atoms. The summed E-state index contributed by atoms with van der Waals surface area (Å²) >= 11 is 0. The number of nitrogens with zero attached hydrogens (tertiary/aromatic N) is 3. The van der Waals surface area contributed by atoms with Gasteiger partial charge in [-0.2, -0.15) is 0 Å². The average molecular weight is 396 g/mol. The molecule has 2 amide bonds. The smallest absolute Gasteiger partial charge is 0.272 e. The Hall–Kier alpha value is -2.93. The summed E-state index contributed by atoms with van der Waals surface area (Å²) in [5, 5.41) is 2.72. The van der Waals surface area contributed by atoms with Crippen molar-refractivity contribution in [1.82, 2.24) is 15.2 Å². The van der Waals surface area contributed by atoms with E-state index in [9.17, 15) is 9.59 Å². The highest BCUT2D eigenvalue weighted by Gasteiger charge is 2.24. The molecule has 1 aliphatic heterocycles. The van der Waals surface area contributed by atoms with Crippen LogP contribution in [0, 0.1) is 13.8 Å². The maximum absolute atomic E-state index is 12.9. The fourth-order valence-electron chi connectivity index (χ4n) is 3.43. The van der Waals surface area contributed by atoms with Crippen molar-refractivity contribution in [1.29, 1.82) is 0 Å². The third-order valence-corrected chi connectivity index (χ3v) is 5.28. The number of hydrogen-bond acceptors (Lipinski definition) is 5. The van der Waals surface area contributed by atoms with E-state index in [0.717, 1.165) is 13.1 Å². The molecule has 1 aromatic heterocycles. The Morgan fingerprint density at radius 1 is 1.03 bits per heavy atom. The quantitative estimate of drug-likeness (QED) is 0.757. The molecule has 1 saturated heterocycles. The summed E-state index contributed by atoms with van der Waals surface area (Å²) in [6.07, 6.45) is 0. The predicted molar refractivity (Wildman–Crippen MR) is 112 cm³/mol. The van der Waals surface area contributed by atoms with Gasteiger partial charge < -0.3 is 19.9 Å². The molecule has 0 atom stereocenters. The zero-order valence-corrected chi connectivity index (χ0v) is 17.3. The van der Waals surface area contributed by atoms with E-state index in [2.05, 4.69) is 47.2 Å². The van der Waals surface area contributed by atoms with E-state index < -0.39 is 0 Å². The Balaban J connectivity index is 1.63. The van der Waals surface area contributed by atoms with Crippen LogP contribution in [0.5, 0.6) is 0 Å². The van der Waals surface area contributed by atoms with Crippen LogP contribution in [0.4, 0.5) is 5.69 Å². The van der Waals surface area contributed by atoms with Gasteiger partial charge >= 0.3 is 0 Å². The lowest BCUT2D eigenvalue weighted by atomic mass is 10.1. The van der Waals surface area contributed by atoms with Gasteiger partial charge in [-0.3, -0.25) is 9.59 Å². The summed E-state index contributed by atoms with van der Waals surface area (Å²) in [5.41, 5.74) is 4.31. The van der Waals surface area contributed by atoms with E-state index >= 15 is 0 Å². The number of rotatable bonds is 6. The van der Waals surface area contributed by atoms with Gasteiger partial charge in [0.25, 0.3) is 11.8 Å². The van der Waals surface area contributed by atoms with Crippen LogP contribution in [0.1, 0.15) is 32.1 Å². The SMILES string of the molecule is COCCNC(=O)c1cccc(C(=O)N2CCN(c3cccc(C)c3C)CC2)n1. The van der Waals surface area contributed by atoms with Crippen LogP contribution in [-0.4, -0.2) is 68.1 Å². The lowest BCUT2D eigenvalue weighted by Gasteiger charge is -2.37. The first-order valence-corrected chi connectivity index (χ1v) is 9.86. The summed E-state index contributed by atoms with van der Waals surface area (Å²) in [5.74, 6) is -0.450. The average Bonchev–Trinajstić information content (AvgIpc) is 2.75. The number of ether oxygens (including phenoxy) is 1. The first kappa shape index (κ1) is 20.8. The summed E-state index contributed by atoms with van der Waals surface area (Å²) in [7, 11) is 1.57. The molecule has 0 bridgehead atoms. The van der Waals surface area contributed by atoms with Crippen molar-refractivity contribution in [2.24, 2.45) is 0 Å². The van der Waals surface area contributed by atoms with Crippen LogP contribution in [0.25, 0.3) is 0 Å². The molecular weight excluding hydrogens is 368 g/mol. The predicted octanol–water partition coefficient (Wildman–Crippen LogP) is 2.04. The van der Waals surface area contributed by atoms with Crippen molar-refractivity contribution in [3.05, 3.63) is 58.9 Å². The number of carbonyl (C=O) groups is 2. The van der Waals surface area contributed by atoms with Crippen molar-refractivity contribution < 1.29 is 14.3 Å². The largest absolute Gasteiger partial charge is 0.383 e. The number of nitrogens with one attached hydrogen (secondary N) is 1. The van der Waals surface area contributed by atoms with E-state index in [1.807, 2.05) is 0 Å². The second-order valence-corrected chi connectivity index (χ2v) is 7.16. The first-order valence-electron chi connectivity index (χ1n) is 9.86. The lowest BCUT2D eigenvalue weighted by molar-refractivity contribution is 0.0740. The second-order valence-electron chi connectivity index (χ2n) is 7.16. The minimum atomic E-state index is -0.309. The summed E-state index contributed by atoms with van der Waals surface area (Å²) < 4.78 is 4.92. The topological polar surface area (TPSA) is 74.8 Å². The Bertz CT molecular complexity index is 876. The molecule has 1 N–H and O–H groups in total. The number of hydrogen-bond donors (Lipinski definition) is 1. The molecule has 0 aliphatic carbocycles. The lowest BCUT2D eigenvalue weighted by Crippen LogP contribution is -2.49. The summed E-state index contributed by atoms with van der Waals surface area (Å²) in [4.78, 5) is 33.5. The zero-order chi connectivity index (χ0) is 20.8. The van der Waals surface area contributed by atoms with Crippen molar-refractivity contribution in [2.75, 3.05) is 51.3 Å². The monoisotopic (exact) mass is 396 g/mol. The molecule has 2 aromatic rings. The molecule has 3 rings (SSSR count). The van der Waals surface area contributed by atoms with Crippen LogP contribution in [0.2, 0.25) is 0 Å². The minimum absolute atomic E-state index is 0.142. The Morgan fingerprint density at radius 2 is 1.72 bits per heavy atom. The molecule has 0 radical (unpaired) electrons. The zero-order valence-electron chi connectivity index (χ0n) is 17.3. The molecule has 1 fully saturated rings. The van der Waals surface area contributed by atoms with E-state index in [0.29, 0.717) is 31.9 Å².